The van der Waals surface area contributed by atoms with Crippen LogP contribution >= 0.6 is 34.8 Å². The molecular formula is C24H20Cl3NO3. The molecule has 3 aromatic carbocycles. The Bertz CT molecular complexity index is 1060. The maximum atomic E-state index is 12.9. The Morgan fingerprint density at radius 3 is 2.13 bits per heavy atom. The van der Waals surface area contributed by atoms with Gasteiger partial charge in [0, 0.05) is 23.8 Å². The number of rotatable bonds is 8. The van der Waals surface area contributed by atoms with Gasteiger partial charge in [0.1, 0.15) is 6.04 Å². The predicted molar refractivity (Wildman–Crippen MR) is 124 cm³/mol. The van der Waals surface area contributed by atoms with Crippen LogP contribution in [0, 0.1) is 0 Å². The number of halogens is 3. The number of carboxylic acid groups (broad SMARTS) is 1. The molecule has 0 aromatic heterocycles. The quantitative estimate of drug-likeness (QED) is 0.420. The molecule has 3 aromatic rings. The highest BCUT2D eigenvalue weighted by atomic mass is 35.5. The number of nitrogens with one attached hydrogen (secondary N) is 1. The van der Waals surface area contributed by atoms with Crippen LogP contribution in [0.4, 0.5) is 0 Å². The summed E-state index contributed by atoms with van der Waals surface area (Å²) in [6.45, 7) is 0. The second kappa shape index (κ2) is 10.7. The summed E-state index contributed by atoms with van der Waals surface area (Å²) in [5, 5.41) is 13.6. The highest BCUT2D eigenvalue weighted by Crippen LogP contribution is 2.32. The van der Waals surface area contributed by atoms with E-state index in [0.29, 0.717) is 15.1 Å². The van der Waals surface area contributed by atoms with Gasteiger partial charge in [0.25, 0.3) is 0 Å². The molecule has 31 heavy (non-hydrogen) atoms. The Hall–Kier alpha value is -2.53. The van der Waals surface area contributed by atoms with Crippen LogP contribution in [0.5, 0.6) is 0 Å². The Kier molecular flexibility index (Phi) is 7.97. The number of hydrogen-bond acceptors (Lipinski definition) is 2. The van der Waals surface area contributed by atoms with E-state index in [2.05, 4.69) is 5.32 Å². The lowest BCUT2D eigenvalue weighted by molar-refractivity contribution is -0.141. The minimum Gasteiger partial charge on any atom is -0.480 e. The minimum absolute atomic E-state index is 0.0619. The summed E-state index contributed by atoms with van der Waals surface area (Å²) in [4.78, 5) is 24.6. The van der Waals surface area contributed by atoms with Gasteiger partial charge in [-0.1, -0.05) is 83.3 Å². The van der Waals surface area contributed by atoms with Crippen LogP contribution in [0.15, 0.2) is 72.8 Å². The van der Waals surface area contributed by atoms with Crippen molar-refractivity contribution in [2.24, 2.45) is 0 Å². The highest BCUT2D eigenvalue weighted by molar-refractivity contribution is 6.42. The Labute approximate surface area is 195 Å². The number of hydrogen-bond donors (Lipinski definition) is 2. The van der Waals surface area contributed by atoms with E-state index in [1.807, 2.05) is 36.4 Å². The van der Waals surface area contributed by atoms with E-state index >= 15 is 0 Å². The summed E-state index contributed by atoms with van der Waals surface area (Å²) in [6, 6.07) is 20.6. The van der Waals surface area contributed by atoms with E-state index in [4.69, 9.17) is 34.8 Å². The van der Waals surface area contributed by atoms with E-state index in [9.17, 15) is 14.7 Å². The molecule has 0 saturated heterocycles. The van der Waals surface area contributed by atoms with Crippen LogP contribution in [0.1, 0.15) is 29.0 Å². The lowest BCUT2D eigenvalue weighted by Gasteiger charge is -2.20. The third-order valence-electron chi connectivity index (χ3n) is 4.92. The van der Waals surface area contributed by atoms with Crippen LogP contribution in [0.2, 0.25) is 15.1 Å². The zero-order valence-electron chi connectivity index (χ0n) is 16.4. The van der Waals surface area contributed by atoms with E-state index in [0.717, 1.165) is 16.7 Å². The molecular weight excluding hydrogens is 457 g/mol. The molecule has 3 rings (SSSR count). The third-order valence-corrected chi connectivity index (χ3v) is 5.91. The molecule has 4 nitrogen and oxygen atoms in total. The fourth-order valence-electron chi connectivity index (χ4n) is 3.34. The van der Waals surface area contributed by atoms with Crippen molar-refractivity contribution >= 4 is 46.7 Å². The van der Waals surface area contributed by atoms with Crippen molar-refractivity contribution in [2.75, 3.05) is 0 Å². The van der Waals surface area contributed by atoms with E-state index in [1.54, 1.807) is 36.4 Å². The van der Waals surface area contributed by atoms with Gasteiger partial charge in [-0.15, -0.1) is 0 Å². The maximum absolute atomic E-state index is 12.9. The van der Waals surface area contributed by atoms with Gasteiger partial charge in [0.15, 0.2) is 0 Å². The zero-order chi connectivity index (χ0) is 22.4. The largest absolute Gasteiger partial charge is 0.480 e. The predicted octanol–water partition coefficient (Wildman–Crippen LogP) is 5.98. The molecule has 0 aliphatic rings. The van der Waals surface area contributed by atoms with Gasteiger partial charge in [-0.2, -0.15) is 0 Å². The molecule has 2 N–H and O–H groups in total. The molecule has 0 bridgehead atoms. The van der Waals surface area contributed by atoms with Crippen molar-refractivity contribution in [2.45, 2.75) is 24.8 Å². The minimum atomic E-state index is -1.10. The average molecular weight is 477 g/mol. The van der Waals surface area contributed by atoms with E-state index in [1.165, 1.54) is 0 Å². The number of amides is 1. The molecule has 0 radical (unpaired) electrons. The van der Waals surface area contributed by atoms with Crippen molar-refractivity contribution in [1.82, 2.24) is 5.32 Å². The van der Waals surface area contributed by atoms with Gasteiger partial charge in [-0.3, -0.25) is 4.79 Å². The summed E-state index contributed by atoms with van der Waals surface area (Å²) >= 11 is 18.1. The van der Waals surface area contributed by atoms with Crippen LogP contribution in [0.25, 0.3) is 0 Å². The molecule has 0 saturated carbocycles. The number of carboxylic acids is 1. The number of benzene rings is 3. The molecule has 2 atom stereocenters. The molecule has 1 unspecified atom stereocenters. The molecule has 0 heterocycles. The van der Waals surface area contributed by atoms with Gasteiger partial charge in [-0.05, 0) is 41.0 Å². The average Bonchev–Trinajstić information content (AvgIpc) is 2.75. The first-order valence-corrected chi connectivity index (χ1v) is 10.7. The van der Waals surface area contributed by atoms with Crippen molar-refractivity contribution in [3.8, 4) is 0 Å². The first-order valence-electron chi connectivity index (χ1n) is 9.60. The van der Waals surface area contributed by atoms with Crippen LogP contribution in [-0.4, -0.2) is 23.0 Å². The summed E-state index contributed by atoms with van der Waals surface area (Å²) < 4.78 is 0. The molecule has 0 aliphatic heterocycles. The Morgan fingerprint density at radius 2 is 1.52 bits per heavy atom. The van der Waals surface area contributed by atoms with Crippen molar-refractivity contribution in [3.05, 3.63) is 105 Å². The smallest absolute Gasteiger partial charge is 0.326 e. The number of carbonyl (C=O) groups is 2. The van der Waals surface area contributed by atoms with Crippen LogP contribution < -0.4 is 5.32 Å². The van der Waals surface area contributed by atoms with Crippen molar-refractivity contribution in [1.29, 1.82) is 0 Å². The zero-order valence-corrected chi connectivity index (χ0v) is 18.7. The van der Waals surface area contributed by atoms with Gasteiger partial charge < -0.3 is 10.4 Å². The van der Waals surface area contributed by atoms with Crippen LogP contribution in [-0.2, 0) is 16.0 Å². The summed E-state index contributed by atoms with van der Waals surface area (Å²) in [5.74, 6) is -1.78. The lowest BCUT2D eigenvalue weighted by atomic mass is 9.88. The second-order valence-electron chi connectivity index (χ2n) is 7.13. The normalized spacial score (nSPS) is 12.7. The van der Waals surface area contributed by atoms with Gasteiger partial charge >= 0.3 is 5.97 Å². The van der Waals surface area contributed by atoms with E-state index in [-0.39, 0.29) is 24.7 Å². The topological polar surface area (TPSA) is 66.4 Å². The molecule has 0 fully saturated rings. The monoisotopic (exact) mass is 475 g/mol. The van der Waals surface area contributed by atoms with Gasteiger partial charge in [0.05, 0.1) is 10.0 Å². The standard InChI is InChI=1S/C24H20Cl3NO3/c25-18-9-6-15(7-10-18)12-22(24(30)31)28-23(29)14-19(16-4-2-1-3-5-16)17-8-11-20(26)21(27)13-17/h1-11,13,19,22H,12,14H2,(H,28,29)(H,30,31)/t19?,22-/m0/s1. The molecule has 0 spiro atoms. The van der Waals surface area contributed by atoms with Gasteiger partial charge in [-0.25, -0.2) is 4.79 Å². The fraction of sp³-hybridized carbons (Fsp3) is 0.167. The third kappa shape index (κ3) is 6.47. The Morgan fingerprint density at radius 1 is 0.839 bits per heavy atom. The summed E-state index contributed by atoms with van der Waals surface area (Å²) in [6.07, 6.45) is 0.216. The molecule has 0 aliphatic carbocycles. The highest BCUT2D eigenvalue weighted by Gasteiger charge is 2.24. The van der Waals surface area contributed by atoms with Gasteiger partial charge in [0.2, 0.25) is 5.91 Å². The number of aliphatic carboxylic acids is 1. The first-order chi connectivity index (χ1) is 14.8. The Balaban J connectivity index is 1.79. The fourth-order valence-corrected chi connectivity index (χ4v) is 3.77. The second-order valence-corrected chi connectivity index (χ2v) is 8.38. The summed E-state index contributed by atoms with van der Waals surface area (Å²) in [7, 11) is 0. The van der Waals surface area contributed by atoms with Crippen molar-refractivity contribution in [3.63, 3.8) is 0 Å². The SMILES string of the molecule is O=C(CC(c1ccccc1)c1ccc(Cl)c(Cl)c1)N[C@@H](Cc1ccc(Cl)cc1)C(=O)O. The first kappa shape index (κ1) is 23.1. The van der Waals surface area contributed by atoms with Crippen molar-refractivity contribution < 1.29 is 14.7 Å². The van der Waals surface area contributed by atoms with E-state index < -0.39 is 12.0 Å². The summed E-state index contributed by atoms with van der Waals surface area (Å²) in [5.41, 5.74) is 2.50. The molecule has 7 heteroatoms. The molecule has 160 valence electrons. The molecule has 1 amide bonds. The number of carbonyl (C=O) groups excluding carboxylic acids is 1. The lowest BCUT2D eigenvalue weighted by Crippen LogP contribution is -2.42. The van der Waals surface area contributed by atoms with Crippen LogP contribution in [0.3, 0.4) is 0 Å². The maximum Gasteiger partial charge on any atom is 0.326 e.